The van der Waals surface area contributed by atoms with E-state index in [1.165, 1.54) is 0 Å². The number of ether oxygens (including phenoxy) is 2. The Bertz CT molecular complexity index is 1170. The number of carboxylic acids is 2. The fraction of sp³-hybridized carbons (Fsp3) is 0.600. The van der Waals surface area contributed by atoms with Crippen molar-refractivity contribution < 1.29 is 48.5 Å². The van der Waals surface area contributed by atoms with Gasteiger partial charge in [0.15, 0.2) is 0 Å². The van der Waals surface area contributed by atoms with Gasteiger partial charge in [0.05, 0.1) is 19.3 Å². The van der Waals surface area contributed by atoms with E-state index in [9.17, 15) is 39.0 Å². The second-order valence-corrected chi connectivity index (χ2v) is 11.9. The number of hydrogen-bond donors (Lipinski definition) is 5. The Labute approximate surface area is 250 Å². The number of carbonyl (C=O) groups is 6. The zero-order valence-electron chi connectivity index (χ0n) is 24.7. The third-order valence-electron chi connectivity index (χ3n) is 8.84. The average molecular weight is 604 g/mol. The molecule has 5 N–H and O–H groups in total. The monoisotopic (exact) mass is 603 g/mol. The van der Waals surface area contributed by atoms with E-state index >= 15 is 0 Å². The topological polar surface area (TPSA) is 197 Å². The maximum Gasteiger partial charge on any atom is 0.331 e. The molecule has 9 atom stereocenters. The fourth-order valence-corrected chi connectivity index (χ4v) is 6.57. The molecule has 3 saturated heterocycles. The number of carboxylic acid groups (broad SMARTS) is 2. The van der Waals surface area contributed by atoms with Gasteiger partial charge < -0.3 is 35.6 Å². The Morgan fingerprint density at radius 3 is 1.21 bits per heavy atom. The Balaban J connectivity index is 1.64. The average Bonchev–Trinajstić information content (AvgIpc) is 3.60. The van der Waals surface area contributed by atoms with Crippen LogP contribution in [0.3, 0.4) is 0 Å². The number of carbonyl (C=O) groups excluding carboxylic acids is 4. The zero-order valence-corrected chi connectivity index (χ0v) is 24.7. The largest absolute Gasteiger partial charge is 0.480 e. The van der Waals surface area contributed by atoms with Crippen molar-refractivity contribution in [3.8, 4) is 0 Å². The maximum absolute atomic E-state index is 13.1. The van der Waals surface area contributed by atoms with Crippen molar-refractivity contribution in [1.29, 1.82) is 0 Å². The molecule has 3 rings (SSSR count). The van der Waals surface area contributed by atoms with E-state index in [-0.39, 0.29) is 43.6 Å². The highest BCUT2D eigenvalue weighted by atomic mass is 16.6. The van der Waals surface area contributed by atoms with E-state index in [1.807, 2.05) is 0 Å². The van der Waals surface area contributed by atoms with Crippen LogP contribution in [0.5, 0.6) is 0 Å². The molecule has 13 heteroatoms. The summed E-state index contributed by atoms with van der Waals surface area (Å²) in [6.45, 7) is 17.8. The molecule has 0 aromatic heterocycles. The highest BCUT2D eigenvalue weighted by molar-refractivity contribution is 5.91. The molecule has 0 aliphatic carbocycles. The first kappa shape index (κ1) is 33.8. The molecule has 0 aromatic rings. The van der Waals surface area contributed by atoms with Crippen molar-refractivity contribution >= 4 is 35.8 Å². The van der Waals surface area contributed by atoms with Crippen LogP contribution in [-0.2, 0) is 38.2 Å². The lowest BCUT2D eigenvalue weighted by Gasteiger charge is -2.24. The van der Waals surface area contributed by atoms with Gasteiger partial charge in [-0.3, -0.25) is 24.0 Å². The number of aliphatic carboxylic acids is 2. The highest BCUT2D eigenvalue weighted by Gasteiger charge is 2.46. The molecule has 3 aliphatic heterocycles. The van der Waals surface area contributed by atoms with Gasteiger partial charge in [0, 0.05) is 37.4 Å². The number of hydrogen-bond acceptors (Lipinski definition) is 11. The molecule has 3 fully saturated rings. The summed E-state index contributed by atoms with van der Waals surface area (Å²) in [4.78, 5) is 74.8. The lowest BCUT2D eigenvalue weighted by atomic mass is 9.83. The molecule has 43 heavy (non-hydrogen) atoms. The van der Waals surface area contributed by atoms with Crippen molar-refractivity contribution in [2.75, 3.05) is 19.6 Å². The Hall–Kier alpha value is -3.68. The summed E-state index contributed by atoms with van der Waals surface area (Å²) in [7, 11) is 0. The minimum Gasteiger partial charge on any atom is -0.480 e. The van der Waals surface area contributed by atoms with Crippen LogP contribution >= 0.6 is 0 Å². The number of esters is 4. The van der Waals surface area contributed by atoms with Crippen LogP contribution in [-0.4, -0.2) is 83.8 Å². The molecule has 236 valence electrons. The molecule has 0 spiro atoms. The smallest absolute Gasteiger partial charge is 0.331 e. The lowest BCUT2D eigenvalue weighted by Crippen LogP contribution is -2.41. The summed E-state index contributed by atoms with van der Waals surface area (Å²) < 4.78 is 10.2. The van der Waals surface area contributed by atoms with Crippen molar-refractivity contribution in [3.05, 3.63) is 36.5 Å². The fourth-order valence-electron chi connectivity index (χ4n) is 6.57. The SMILES string of the molecule is C=C(C)[C@H]1CN[C@H](C(=O)O)[C@H]1CC(=O)OC(=O)C[C@H]1[C@@H](C(=C)C)CN[C@@H]1C(=O)OC(=O)C[C@H]1[C@@H](C(=C)C)CN[C@@H]1C(=O)O. The molecule has 0 radical (unpaired) electrons. The van der Waals surface area contributed by atoms with Crippen molar-refractivity contribution in [2.24, 2.45) is 35.5 Å². The Morgan fingerprint density at radius 1 is 0.581 bits per heavy atom. The third kappa shape index (κ3) is 8.03. The van der Waals surface area contributed by atoms with Gasteiger partial charge in [-0.05, 0) is 38.5 Å². The first-order valence-corrected chi connectivity index (χ1v) is 14.2. The second-order valence-electron chi connectivity index (χ2n) is 11.9. The van der Waals surface area contributed by atoms with Gasteiger partial charge in [-0.25, -0.2) is 4.79 Å². The standard InChI is InChI=1S/C30H41N3O10/c1-13(2)19-10-31-25(28(37)38)16(19)7-22(34)42-23(35)9-18-21(15(5)6)12-33-27(18)30(41)43-24(36)8-17-20(14(3)4)11-32-26(17)29(39)40/h16-21,25-27,31-33H,1,3,5,7-12H2,2,4,6H3,(H,37,38)(H,39,40)/t16-,17-,18-,19+,20+,21+,25-,26-,27-/m0/s1. The van der Waals surface area contributed by atoms with Crippen molar-refractivity contribution in [3.63, 3.8) is 0 Å². The summed E-state index contributed by atoms with van der Waals surface area (Å²) in [5.41, 5.74) is 2.07. The van der Waals surface area contributed by atoms with Gasteiger partial charge in [-0.15, -0.1) is 0 Å². The molecule has 0 bridgehead atoms. The first-order chi connectivity index (χ1) is 20.1. The lowest BCUT2D eigenvalue weighted by molar-refractivity contribution is -0.162. The zero-order chi connectivity index (χ0) is 32.2. The van der Waals surface area contributed by atoms with Crippen molar-refractivity contribution in [2.45, 2.75) is 58.2 Å². The molecule has 0 saturated carbocycles. The molecule has 13 nitrogen and oxygen atoms in total. The first-order valence-electron chi connectivity index (χ1n) is 14.2. The van der Waals surface area contributed by atoms with Gasteiger partial charge in [0.1, 0.15) is 18.1 Å². The van der Waals surface area contributed by atoms with Crippen LogP contribution in [0.15, 0.2) is 36.5 Å². The Morgan fingerprint density at radius 2 is 0.884 bits per heavy atom. The van der Waals surface area contributed by atoms with Gasteiger partial charge >= 0.3 is 35.8 Å². The molecular formula is C30H41N3O10. The summed E-state index contributed by atoms with van der Waals surface area (Å²) in [6, 6.07) is -3.09. The number of rotatable bonds is 12. The molecule has 0 unspecified atom stereocenters. The minimum atomic E-state index is -1.12. The predicted octanol–water partition coefficient (Wildman–Crippen LogP) is 0.806. The van der Waals surface area contributed by atoms with Crippen LogP contribution in [0.1, 0.15) is 40.0 Å². The normalized spacial score (nSPS) is 31.7. The summed E-state index contributed by atoms with van der Waals surface area (Å²) in [5, 5.41) is 27.7. The minimum absolute atomic E-state index is 0.259. The van der Waals surface area contributed by atoms with Gasteiger partial charge in [-0.1, -0.05) is 36.5 Å². The molecule has 0 aromatic carbocycles. The molecule has 3 aliphatic rings. The van der Waals surface area contributed by atoms with Crippen LogP contribution in [0, 0.1) is 35.5 Å². The van der Waals surface area contributed by atoms with E-state index in [0.29, 0.717) is 29.8 Å². The van der Waals surface area contributed by atoms with Gasteiger partial charge in [-0.2, -0.15) is 0 Å². The van der Waals surface area contributed by atoms with Gasteiger partial charge in [0.25, 0.3) is 0 Å². The van der Waals surface area contributed by atoms with Crippen LogP contribution in [0.4, 0.5) is 0 Å². The quantitative estimate of drug-likeness (QED) is 0.119. The predicted molar refractivity (Wildman–Crippen MR) is 152 cm³/mol. The summed E-state index contributed by atoms with van der Waals surface area (Å²) >= 11 is 0. The van der Waals surface area contributed by atoms with Crippen LogP contribution in [0.25, 0.3) is 0 Å². The molecule has 3 heterocycles. The van der Waals surface area contributed by atoms with E-state index in [0.717, 1.165) is 0 Å². The number of nitrogens with one attached hydrogen (secondary N) is 3. The second kappa shape index (κ2) is 14.2. The summed E-state index contributed by atoms with van der Waals surface area (Å²) in [6.07, 6.45) is -1.02. The molecule has 0 amide bonds. The van der Waals surface area contributed by atoms with Crippen LogP contribution in [0.2, 0.25) is 0 Å². The highest BCUT2D eigenvalue weighted by Crippen LogP contribution is 2.35. The Kier molecular flexibility index (Phi) is 11.2. The van der Waals surface area contributed by atoms with E-state index in [2.05, 4.69) is 35.7 Å². The summed E-state index contributed by atoms with van der Waals surface area (Å²) in [5.74, 6) is -8.91. The van der Waals surface area contributed by atoms with E-state index < -0.39 is 71.7 Å². The van der Waals surface area contributed by atoms with Gasteiger partial charge in [0.2, 0.25) is 0 Å². The van der Waals surface area contributed by atoms with Crippen LogP contribution < -0.4 is 16.0 Å². The van der Waals surface area contributed by atoms with Crippen molar-refractivity contribution in [1.82, 2.24) is 16.0 Å². The van der Waals surface area contributed by atoms with E-state index in [4.69, 9.17) is 9.47 Å². The van der Waals surface area contributed by atoms with E-state index in [1.54, 1.807) is 20.8 Å². The third-order valence-corrected chi connectivity index (χ3v) is 8.84. The molecular weight excluding hydrogens is 562 g/mol. The maximum atomic E-state index is 13.1.